The lowest BCUT2D eigenvalue weighted by molar-refractivity contribution is -0.115. The number of carbonyl (C=O) groups excluding carboxylic acids is 1. The van der Waals surface area contributed by atoms with E-state index >= 15 is 0 Å². The Balaban J connectivity index is 2.09. The number of hydrogen-bond acceptors (Lipinski definition) is 6. The van der Waals surface area contributed by atoms with E-state index in [2.05, 4.69) is 0 Å². The standard InChI is InChI=1S/C18H27NO6/c1-22-13-24-12-16-17(25-11-14-6-4-3-5-7-14)9-8-15(10-20)19(16)18(21)23-2/h3-7,15-17,20H,8-13H2,1-2H3/t15-,16+,17-/m1/s1. The minimum atomic E-state index is -0.488. The van der Waals surface area contributed by atoms with E-state index in [4.69, 9.17) is 18.9 Å². The zero-order valence-corrected chi connectivity index (χ0v) is 14.8. The first kappa shape index (κ1) is 19.7. The number of benzene rings is 1. The molecule has 0 bridgehead atoms. The second-order valence-electron chi connectivity index (χ2n) is 5.97. The number of hydrogen-bond donors (Lipinski definition) is 1. The highest BCUT2D eigenvalue weighted by Crippen LogP contribution is 2.27. The number of aliphatic hydroxyl groups excluding tert-OH is 1. The van der Waals surface area contributed by atoms with Crippen LogP contribution in [0.3, 0.4) is 0 Å². The van der Waals surface area contributed by atoms with Crippen LogP contribution in [0.15, 0.2) is 30.3 Å². The van der Waals surface area contributed by atoms with Crippen LogP contribution in [-0.2, 0) is 25.6 Å². The van der Waals surface area contributed by atoms with Gasteiger partial charge >= 0.3 is 6.09 Å². The Morgan fingerprint density at radius 1 is 1.24 bits per heavy atom. The summed E-state index contributed by atoms with van der Waals surface area (Å²) in [6, 6.07) is 9.21. The molecule has 1 heterocycles. The van der Waals surface area contributed by atoms with Gasteiger partial charge in [-0.25, -0.2) is 4.79 Å². The molecule has 0 radical (unpaired) electrons. The Bertz CT molecular complexity index is 512. The van der Waals surface area contributed by atoms with E-state index < -0.39 is 6.09 Å². The topological polar surface area (TPSA) is 77.5 Å². The second kappa shape index (κ2) is 10.4. The second-order valence-corrected chi connectivity index (χ2v) is 5.97. The fourth-order valence-corrected chi connectivity index (χ4v) is 3.12. The van der Waals surface area contributed by atoms with Crippen molar-refractivity contribution in [3.63, 3.8) is 0 Å². The lowest BCUT2D eigenvalue weighted by Gasteiger charge is -2.44. The maximum absolute atomic E-state index is 12.2. The number of nitrogens with zero attached hydrogens (tertiary/aromatic N) is 1. The van der Waals surface area contributed by atoms with Crippen molar-refractivity contribution in [1.29, 1.82) is 0 Å². The Kier molecular flexibility index (Phi) is 8.14. The average Bonchev–Trinajstić information content (AvgIpc) is 2.66. The van der Waals surface area contributed by atoms with E-state index in [1.165, 1.54) is 12.0 Å². The summed E-state index contributed by atoms with van der Waals surface area (Å²) in [5.41, 5.74) is 1.06. The van der Waals surface area contributed by atoms with Crippen LogP contribution in [0.5, 0.6) is 0 Å². The molecule has 2 rings (SSSR count). The first-order valence-corrected chi connectivity index (χ1v) is 8.40. The van der Waals surface area contributed by atoms with Crippen molar-refractivity contribution in [1.82, 2.24) is 4.90 Å². The molecule has 3 atom stereocenters. The van der Waals surface area contributed by atoms with E-state index in [0.717, 1.165) is 12.0 Å². The largest absolute Gasteiger partial charge is 0.453 e. The average molecular weight is 353 g/mol. The van der Waals surface area contributed by atoms with Gasteiger partial charge in [0.05, 0.1) is 45.1 Å². The predicted octanol–water partition coefficient (Wildman–Crippen LogP) is 1.78. The van der Waals surface area contributed by atoms with Crippen molar-refractivity contribution in [2.24, 2.45) is 0 Å². The predicted molar refractivity (Wildman–Crippen MR) is 91.0 cm³/mol. The highest BCUT2D eigenvalue weighted by molar-refractivity contribution is 5.68. The molecule has 0 aromatic heterocycles. The Morgan fingerprint density at radius 2 is 2.00 bits per heavy atom. The summed E-state index contributed by atoms with van der Waals surface area (Å²) in [6.07, 6.45) is 0.676. The number of aliphatic hydroxyl groups is 1. The van der Waals surface area contributed by atoms with Crippen molar-refractivity contribution < 1.29 is 28.8 Å². The normalized spacial score (nSPS) is 23.5. The molecule has 7 nitrogen and oxygen atoms in total. The molecule has 1 amide bonds. The van der Waals surface area contributed by atoms with Crippen molar-refractivity contribution in [2.75, 3.05) is 34.2 Å². The monoisotopic (exact) mass is 353 g/mol. The fourth-order valence-electron chi connectivity index (χ4n) is 3.12. The summed E-state index contributed by atoms with van der Waals surface area (Å²) in [5, 5.41) is 9.63. The molecular weight excluding hydrogens is 326 g/mol. The summed E-state index contributed by atoms with van der Waals surface area (Å²) in [7, 11) is 2.87. The van der Waals surface area contributed by atoms with Crippen LogP contribution in [0, 0.1) is 0 Å². The van der Waals surface area contributed by atoms with Crippen molar-refractivity contribution >= 4 is 6.09 Å². The summed E-state index contributed by atoms with van der Waals surface area (Å²) in [4.78, 5) is 13.8. The van der Waals surface area contributed by atoms with Gasteiger partial charge < -0.3 is 24.1 Å². The molecule has 1 fully saturated rings. The number of amides is 1. The molecule has 25 heavy (non-hydrogen) atoms. The van der Waals surface area contributed by atoms with E-state index in [1.807, 2.05) is 30.3 Å². The highest BCUT2D eigenvalue weighted by Gasteiger charge is 2.41. The molecule has 0 unspecified atom stereocenters. The third kappa shape index (κ3) is 5.40. The van der Waals surface area contributed by atoms with Gasteiger partial charge in [-0.3, -0.25) is 4.90 Å². The molecule has 1 aromatic carbocycles. The van der Waals surface area contributed by atoms with Gasteiger partial charge in [-0.05, 0) is 18.4 Å². The summed E-state index contributed by atoms with van der Waals surface area (Å²) in [5.74, 6) is 0. The van der Waals surface area contributed by atoms with Gasteiger partial charge in [0.1, 0.15) is 6.79 Å². The van der Waals surface area contributed by atoms with E-state index in [1.54, 1.807) is 7.11 Å². The fraction of sp³-hybridized carbons (Fsp3) is 0.611. The first-order valence-electron chi connectivity index (χ1n) is 8.40. The van der Waals surface area contributed by atoms with Gasteiger partial charge in [0, 0.05) is 7.11 Å². The minimum absolute atomic E-state index is 0.124. The van der Waals surface area contributed by atoms with Gasteiger partial charge in [-0.2, -0.15) is 0 Å². The van der Waals surface area contributed by atoms with Gasteiger partial charge in [0.15, 0.2) is 0 Å². The lowest BCUT2D eigenvalue weighted by atomic mass is 9.93. The van der Waals surface area contributed by atoms with Gasteiger partial charge in [0.2, 0.25) is 0 Å². The van der Waals surface area contributed by atoms with Crippen LogP contribution >= 0.6 is 0 Å². The van der Waals surface area contributed by atoms with Gasteiger partial charge in [0.25, 0.3) is 0 Å². The van der Waals surface area contributed by atoms with Gasteiger partial charge in [-0.1, -0.05) is 30.3 Å². The van der Waals surface area contributed by atoms with Crippen LogP contribution < -0.4 is 0 Å². The zero-order valence-electron chi connectivity index (χ0n) is 14.8. The molecule has 1 aliphatic heterocycles. The molecule has 0 saturated carbocycles. The van der Waals surface area contributed by atoms with Crippen molar-refractivity contribution in [2.45, 2.75) is 37.6 Å². The summed E-state index contributed by atoms with van der Waals surface area (Å²) in [6.45, 7) is 0.700. The number of methoxy groups -OCH3 is 2. The van der Waals surface area contributed by atoms with E-state index in [0.29, 0.717) is 13.0 Å². The van der Waals surface area contributed by atoms with Crippen LogP contribution in [0.1, 0.15) is 18.4 Å². The highest BCUT2D eigenvalue weighted by atomic mass is 16.7. The van der Waals surface area contributed by atoms with Crippen LogP contribution in [-0.4, -0.2) is 68.5 Å². The molecule has 1 saturated heterocycles. The molecule has 140 valence electrons. The molecular formula is C18H27NO6. The van der Waals surface area contributed by atoms with Crippen LogP contribution in [0.2, 0.25) is 0 Å². The quantitative estimate of drug-likeness (QED) is 0.567. The number of carbonyl (C=O) groups is 1. The van der Waals surface area contributed by atoms with Crippen LogP contribution in [0.25, 0.3) is 0 Å². The molecule has 0 aliphatic carbocycles. The molecule has 1 aliphatic rings. The number of likely N-dealkylation sites (tertiary alicyclic amines) is 1. The first-order chi connectivity index (χ1) is 12.2. The zero-order chi connectivity index (χ0) is 18.1. The number of rotatable bonds is 8. The van der Waals surface area contributed by atoms with Gasteiger partial charge in [-0.15, -0.1) is 0 Å². The Hall–Kier alpha value is -1.67. The lowest BCUT2D eigenvalue weighted by Crippen LogP contribution is -2.59. The smallest absolute Gasteiger partial charge is 0.410 e. The third-order valence-electron chi connectivity index (χ3n) is 4.36. The molecule has 0 spiro atoms. The van der Waals surface area contributed by atoms with Crippen molar-refractivity contribution in [3.05, 3.63) is 35.9 Å². The minimum Gasteiger partial charge on any atom is -0.453 e. The Morgan fingerprint density at radius 3 is 2.64 bits per heavy atom. The van der Waals surface area contributed by atoms with E-state index in [9.17, 15) is 9.90 Å². The van der Waals surface area contributed by atoms with Crippen molar-refractivity contribution in [3.8, 4) is 0 Å². The SMILES string of the molecule is COCOC[C@H]1[C@H](OCc2ccccc2)CC[C@H](CO)N1C(=O)OC. The molecule has 1 aromatic rings. The summed E-state index contributed by atoms with van der Waals surface area (Å²) >= 11 is 0. The Labute approximate surface area is 148 Å². The van der Waals surface area contributed by atoms with E-state index in [-0.39, 0.29) is 38.2 Å². The summed E-state index contributed by atoms with van der Waals surface area (Å²) < 4.78 is 21.4. The molecule has 7 heteroatoms. The number of piperidine rings is 1. The number of ether oxygens (including phenoxy) is 4. The third-order valence-corrected chi connectivity index (χ3v) is 4.36. The maximum Gasteiger partial charge on any atom is 0.410 e. The van der Waals surface area contributed by atoms with Crippen LogP contribution in [0.4, 0.5) is 4.79 Å². The maximum atomic E-state index is 12.2. The molecule has 1 N–H and O–H groups in total.